The first-order valence-electron chi connectivity index (χ1n) is 11.5. The van der Waals surface area contributed by atoms with Crippen LogP contribution in [0, 0.1) is 11.8 Å². The number of nitrogens with zero attached hydrogens (tertiary/aromatic N) is 2. The summed E-state index contributed by atoms with van der Waals surface area (Å²) < 4.78 is 10.6. The van der Waals surface area contributed by atoms with Gasteiger partial charge in [-0.25, -0.2) is 4.79 Å². The van der Waals surface area contributed by atoms with E-state index in [1.54, 1.807) is 0 Å². The Morgan fingerprint density at radius 1 is 1.11 bits per heavy atom. The molecule has 0 spiro atoms. The maximum Gasteiger partial charge on any atom is 0.414 e. The monoisotopic (exact) mass is 475 g/mol. The van der Waals surface area contributed by atoms with Crippen LogP contribution in [0.3, 0.4) is 0 Å². The van der Waals surface area contributed by atoms with Gasteiger partial charge in [0.25, 0.3) is 5.91 Å². The quantitative estimate of drug-likeness (QED) is 0.567. The number of likely N-dealkylation sites (tertiary alicyclic amines) is 1. The molecule has 2 atom stereocenters. The minimum atomic E-state index is -0.923. The number of rotatable bonds is 5. The van der Waals surface area contributed by atoms with E-state index in [0.717, 1.165) is 22.3 Å². The predicted molar refractivity (Wildman–Crippen MR) is 126 cm³/mol. The van der Waals surface area contributed by atoms with Gasteiger partial charge in [0.15, 0.2) is 5.69 Å². The molecule has 2 N–H and O–H groups in total. The number of ether oxygens (including phenoxy) is 1. The molecule has 1 aliphatic carbocycles. The molecule has 2 aliphatic rings. The maximum atomic E-state index is 12.8. The molecule has 5 rings (SSSR count). The van der Waals surface area contributed by atoms with E-state index >= 15 is 0 Å². The second kappa shape index (κ2) is 9.25. The van der Waals surface area contributed by atoms with E-state index in [-0.39, 0.29) is 36.6 Å². The number of fused-ring (bicyclic) bond motifs is 3. The first-order chi connectivity index (χ1) is 16.9. The number of carboxylic acids is 1. The van der Waals surface area contributed by atoms with Crippen molar-refractivity contribution < 1.29 is 28.8 Å². The third-order valence-corrected chi connectivity index (χ3v) is 6.86. The molecular formula is C26H25N3O6. The molecule has 1 fully saturated rings. The summed E-state index contributed by atoms with van der Waals surface area (Å²) in [4.78, 5) is 38.1. The van der Waals surface area contributed by atoms with Crippen molar-refractivity contribution in [2.75, 3.05) is 25.0 Å². The van der Waals surface area contributed by atoms with Gasteiger partial charge in [-0.1, -0.05) is 60.6 Å². The molecule has 2 unspecified atom stereocenters. The van der Waals surface area contributed by atoms with Gasteiger partial charge in [-0.3, -0.25) is 14.9 Å². The molecular weight excluding hydrogens is 450 g/mol. The molecule has 0 saturated carbocycles. The summed E-state index contributed by atoms with van der Waals surface area (Å²) in [5, 5.41) is 15.6. The van der Waals surface area contributed by atoms with Crippen molar-refractivity contribution in [3.05, 3.63) is 71.4 Å². The van der Waals surface area contributed by atoms with Crippen LogP contribution in [0.2, 0.25) is 0 Å². The summed E-state index contributed by atoms with van der Waals surface area (Å²) in [5.41, 5.74) is 4.47. The molecule has 1 saturated heterocycles. The Morgan fingerprint density at radius 3 is 2.43 bits per heavy atom. The Hall–Kier alpha value is -4.14. The normalized spacial score (nSPS) is 19.1. The number of carboxylic acid groups (broad SMARTS) is 1. The number of anilines is 1. The molecule has 2 heterocycles. The van der Waals surface area contributed by atoms with Crippen LogP contribution >= 0.6 is 0 Å². The fourth-order valence-electron chi connectivity index (χ4n) is 4.91. The molecule has 180 valence electrons. The van der Waals surface area contributed by atoms with E-state index < -0.39 is 23.9 Å². The van der Waals surface area contributed by atoms with Crippen molar-refractivity contribution >= 4 is 23.9 Å². The van der Waals surface area contributed by atoms with Gasteiger partial charge in [0.2, 0.25) is 5.88 Å². The van der Waals surface area contributed by atoms with Gasteiger partial charge in [0.05, 0.1) is 5.92 Å². The predicted octanol–water partition coefficient (Wildman–Crippen LogP) is 4.22. The third kappa shape index (κ3) is 4.37. The SMILES string of the molecule is CC1CCN(C(=O)c2cc(NC(=O)OCC3c4ccccc4-c4ccccc43)on2)CC1C(=O)O. The molecule has 9 heteroatoms. The number of benzene rings is 2. The van der Waals surface area contributed by atoms with E-state index in [4.69, 9.17) is 9.26 Å². The molecule has 0 radical (unpaired) electrons. The van der Waals surface area contributed by atoms with Crippen LogP contribution in [-0.2, 0) is 9.53 Å². The number of hydrogen-bond acceptors (Lipinski definition) is 6. The van der Waals surface area contributed by atoms with Crippen molar-refractivity contribution in [1.29, 1.82) is 0 Å². The van der Waals surface area contributed by atoms with Gasteiger partial charge < -0.3 is 19.3 Å². The Morgan fingerprint density at radius 2 is 1.77 bits per heavy atom. The van der Waals surface area contributed by atoms with Gasteiger partial charge in [0, 0.05) is 25.1 Å². The summed E-state index contributed by atoms with van der Waals surface area (Å²) in [6, 6.07) is 17.4. The summed E-state index contributed by atoms with van der Waals surface area (Å²) in [6.07, 6.45) is -0.134. The number of carbonyl (C=O) groups is 3. The molecule has 0 bridgehead atoms. The fraction of sp³-hybridized carbons (Fsp3) is 0.308. The van der Waals surface area contributed by atoms with Gasteiger partial charge in [-0.05, 0) is 34.6 Å². The summed E-state index contributed by atoms with van der Waals surface area (Å²) in [7, 11) is 0. The highest BCUT2D eigenvalue weighted by Gasteiger charge is 2.35. The first-order valence-corrected chi connectivity index (χ1v) is 11.5. The van der Waals surface area contributed by atoms with Crippen molar-refractivity contribution in [2.45, 2.75) is 19.3 Å². The van der Waals surface area contributed by atoms with E-state index in [1.165, 1.54) is 11.0 Å². The number of nitrogens with one attached hydrogen (secondary N) is 1. The second-order valence-corrected chi connectivity index (χ2v) is 8.99. The lowest BCUT2D eigenvalue weighted by atomic mass is 9.87. The number of aliphatic carboxylic acids is 1. The number of aromatic nitrogens is 1. The highest BCUT2D eigenvalue weighted by molar-refractivity contribution is 5.94. The summed E-state index contributed by atoms with van der Waals surface area (Å²) in [5.74, 6) is -2.10. The zero-order chi connectivity index (χ0) is 24.5. The van der Waals surface area contributed by atoms with Crippen LogP contribution in [-0.4, -0.2) is 52.8 Å². The van der Waals surface area contributed by atoms with Crippen LogP contribution in [0.15, 0.2) is 59.1 Å². The van der Waals surface area contributed by atoms with Crippen LogP contribution in [0.5, 0.6) is 0 Å². The minimum Gasteiger partial charge on any atom is -0.481 e. The number of piperidine rings is 1. The lowest BCUT2D eigenvalue weighted by Crippen LogP contribution is -2.45. The fourth-order valence-corrected chi connectivity index (χ4v) is 4.91. The summed E-state index contributed by atoms with van der Waals surface area (Å²) >= 11 is 0. The van der Waals surface area contributed by atoms with Crippen molar-refractivity contribution in [1.82, 2.24) is 10.1 Å². The zero-order valence-corrected chi connectivity index (χ0v) is 19.1. The van der Waals surface area contributed by atoms with Crippen LogP contribution < -0.4 is 5.32 Å². The molecule has 2 amide bonds. The lowest BCUT2D eigenvalue weighted by Gasteiger charge is -2.34. The van der Waals surface area contributed by atoms with E-state index in [2.05, 4.69) is 22.6 Å². The smallest absolute Gasteiger partial charge is 0.414 e. The van der Waals surface area contributed by atoms with Gasteiger partial charge in [-0.15, -0.1) is 0 Å². The Kier molecular flexibility index (Phi) is 5.98. The lowest BCUT2D eigenvalue weighted by molar-refractivity contribution is -0.145. The first kappa shape index (κ1) is 22.6. The molecule has 2 aromatic carbocycles. The van der Waals surface area contributed by atoms with E-state index in [1.807, 2.05) is 43.3 Å². The second-order valence-electron chi connectivity index (χ2n) is 8.99. The molecule has 35 heavy (non-hydrogen) atoms. The van der Waals surface area contributed by atoms with Gasteiger partial charge in [-0.2, -0.15) is 0 Å². The van der Waals surface area contributed by atoms with Crippen molar-refractivity contribution in [3.8, 4) is 11.1 Å². The minimum absolute atomic E-state index is 0.00219. The topological polar surface area (TPSA) is 122 Å². The van der Waals surface area contributed by atoms with E-state index in [0.29, 0.717) is 13.0 Å². The number of hydrogen-bond donors (Lipinski definition) is 2. The zero-order valence-electron chi connectivity index (χ0n) is 19.1. The number of carbonyl (C=O) groups excluding carboxylic acids is 2. The molecule has 3 aromatic rings. The largest absolute Gasteiger partial charge is 0.481 e. The van der Waals surface area contributed by atoms with Crippen LogP contribution in [0.4, 0.5) is 10.7 Å². The highest BCUT2D eigenvalue weighted by Crippen LogP contribution is 2.44. The standard InChI is InChI=1S/C26H25N3O6/c1-15-10-11-29(13-20(15)25(31)32)24(30)22-12-23(35-28-22)27-26(33)34-14-21-18-8-4-2-6-16(18)17-7-3-5-9-19(17)21/h2-9,12,15,20-21H,10-11,13-14H2,1H3,(H,27,33)(H,31,32). The third-order valence-electron chi connectivity index (χ3n) is 6.86. The average Bonchev–Trinajstić information content (AvgIpc) is 3.45. The van der Waals surface area contributed by atoms with Gasteiger partial charge >= 0.3 is 12.1 Å². The van der Waals surface area contributed by atoms with Crippen LogP contribution in [0.1, 0.15) is 40.9 Å². The van der Waals surface area contributed by atoms with Crippen molar-refractivity contribution in [3.63, 3.8) is 0 Å². The van der Waals surface area contributed by atoms with Crippen LogP contribution in [0.25, 0.3) is 11.1 Å². The van der Waals surface area contributed by atoms with E-state index in [9.17, 15) is 19.5 Å². The maximum absolute atomic E-state index is 12.8. The Bertz CT molecular complexity index is 1240. The Balaban J connectivity index is 1.20. The molecule has 1 aromatic heterocycles. The molecule has 1 aliphatic heterocycles. The van der Waals surface area contributed by atoms with Gasteiger partial charge in [0.1, 0.15) is 6.61 Å². The highest BCUT2D eigenvalue weighted by atomic mass is 16.6. The summed E-state index contributed by atoms with van der Waals surface area (Å²) in [6.45, 7) is 2.55. The van der Waals surface area contributed by atoms with Crippen molar-refractivity contribution in [2.24, 2.45) is 11.8 Å². The Labute approximate surface area is 201 Å². The molecule has 9 nitrogen and oxygen atoms in total. The number of amides is 2. The average molecular weight is 476 g/mol.